The summed E-state index contributed by atoms with van der Waals surface area (Å²) in [5.41, 5.74) is 5.60. The quantitative estimate of drug-likeness (QED) is 0.671. The van der Waals surface area contributed by atoms with Crippen LogP contribution < -0.4 is 11.1 Å². The van der Waals surface area contributed by atoms with E-state index in [4.69, 9.17) is 5.73 Å². The van der Waals surface area contributed by atoms with Crippen LogP contribution in [0.5, 0.6) is 0 Å². The number of nitrogens with two attached hydrogens (primary N) is 1. The van der Waals surface area contributed by atoms with Crippen molar-refractivity contribution in [3.63, 3.8) is 0 Å². The molecule has 0 radical (unpaired) electrons. The van der Waals surface area contributed by atoms with Crippen molar-refractivity contribution < 1.29 is 4.79 Å². The number of nitrogens with zero attached hydrogens (tertiary/aromatic N) is 1. The lowest BCUT2D eigenvalue weighted by atomic mass is 10.2. The summed E-state index contributed by atoms with van der Waals surface area (Å²) in [6.45, 7) is 2.68. The fourth-order valence-corrected chi connectivity index (χ4v) is 1.01. The molecule has 4 nitrogen and oxygen atoms in total. The summed E-state index contributed by atoms with van der Waals surface area (Å²) in [5.74, 6) is 0. The lowest BCUT2D eigenvalue weighted by Crippen LogP contribution is -2.40. The fourth-order valence-electron chi connectivity index (χ4n) is 1.01. The Balaban J connectivity index is 2.12. The second-order valence-corrected chi connectivity index (χ2v) is 3.91. The summed E-state index contributed by atoms with van der Waals surface area (Å²) in [7, 11) is 1.81. The highest BCUT2D eigenvalue weighted by molar-refractivity contribution is 5.74. The molecule has 1 saturated carbocycles. The molecule has 13 heavy (non-hydrogen) atoms. The average Bonchev–Trinajstić information content (AvgIpc) is 2.83. The first kappa shape index (κ1) is 10.3. The molecule has 0 aromatic carbocycles. The van der Waals surface area contributed by atoms with Crippen molar-refractivity contribution in [2.75, 3.05) is 13.6 Å². The number of urea groups is 1. The van der Waals surface area contributed by atoms with E-state index in [0.717, 1.165) is 25.8 Å². The van der Waals surface area contributed by atoms with Crippen molar-refractivity contribution in [2.24, 2.45) is 5.73 Å². The summed E-state index contributed by atoms with van der Waals surface area (Å²) in [6, 6.07) is 0.629. The average molecular weight is 185 g/mol. The maximum atomic E-state index is 11.4. The van der Waals surface area contributed by atoms with Gasteiger partial charge in [-0.25, -0.2) is 4.79 Å². The summed E-state index contributed by atoms with van der Waals surface area (Å²) < 4.78 is 0. The summed E-state index contributed by atoms with van der Waals surface area (Å²) >= 11 is 0. The Bertz CT molecular complexity index is 178. The molecule has 2 amide bonds. The topological polar surface area (TPSA) is 58.4 Å². The van der Waals surface area contributed by atoms with E-state index in [1.54, 1.807) is 11.9 Å². The summed E-state index contributed by atoms with van der Waals surface area (Å²) in [4.78, 5) is 13.1. The van der Waals surface area contributed by atoms with Gasteiger partial charge in [-0.05, 0) is 26.2 Å². The van der Waals surface area contributed by atoms with Gasteiger partial charge in [0, 0.05) is 25.7 Å². The van der Waals surface area contributed by atoms with Crippen molar-refractivity contribution in [3.8, 4) is 0 Å². The van der Waals surface area contributed by atoms with Gasteiger partial charge >= 0.3 is 6.03 Å². The molecule has 0 saturated heterocycles. The molecule has 1 atom stereocenters. The Morgan fingerprint density at radius 1 is 1.69 bits per heavy atom. The van der Waals surface area contributed by atoms with Gasteiger partial charge in [-0.3, -0.25) is 0 Å². The monoisotopic (exact) mass is 185 g/mol. The van der Waals surface area contributed by atoms with E-state index in [2.05, 4.69) is 5.32 Å². The first-order chi connectivity index (χ1) is 6.09. The van der Waals surface area contributed by atoms with Crippen LogP contribution in [0.15, 0.2) is 0 Å². The van der Waals surface area contributed by atoms with E-state index in [0.29, 0.717) is 6.04 Å². The maximum Gasteiger partial charge on any atom is 0.317 e. The zero-order valence-electron chi connectivity index (χ0n) is 8.42. The lowest BCUT2D eigenvalue weighted by molar-refractivity contribution is 0.207. The predicted octanol–water partition coefficient (Wildman–Crippen LogP) is 0.527. The Morgan fingerprint density at radius 3 is 2.77 bits per heavy atom. The van der Waals surface area contributed by atoms with Crippen molar-refractivity contribution in [2.45, 2.75) is 38.3 Å². The molecular formula is C9H19N3O. The zero-order chi connectivity index (χ0) is 9.84. The Kier molecular flexibility index (Phi) is 3.54. The molecule has 0 aromatic heterocycles. The van der Waals surface area contributed by atoms with Gasteiger partial charge in [-0.15, -0.1) is 0 Å². The van der Waals surface area contributed by atoms with E-state index in [-0.39, 0.29) is 12.1 Å². The van der Waals surface area contributed by atoms with Crippen molar-refractivity contribution in [1.82, 2.24) is 10.2 Å². The molecule has 0 bridgehead atoms. The molecule has 1 aliphatic carbocycles. The molecule has 0 spiro atoms. The molecule has 3 N–H and O–H groups in total. The SMILES string of the molecule is CC(N)CCN(C)C(=O)NC1CC1. The molecule has 1 unspecified atom stereocenters. The van der Waals surface area contributed by atoms with E-state index in [9.17, 15) is 4.79 Å². The minimum absolute atomic E-state index is 0.0307. The minimum atomic E-state index is 0.0307. The normalized spacial score (nSPS) is 18.1. The van der Waals surface area contributed by atoms with E-state index < -0.39 is 0 Å². The summed E-state index contributed by atoms with van der Waals surface area (Å²) in [5, 5.41) is 2.92. The predicted molar refractivity (Wildman–Crippen MR) is 52.5 cm³/mol. The molecule has 4 heteroatoms. The highest BCUT2D eigenvalue weighted by Gasteiger charge is 2.24. The molecular weight excluding hydrogens is 166 g/mol. The Morgan fingerprint density at radius 2 is 2.31 bits per heavy atom. The zero-order valence-corrected chi connectivity index (χ0v) is 8.42. The number of amides is 2. The van der Waals surface area contributed by atoms with E-state index in [1.165, 1.54) is 0 Å². The number of hydrogen-bond donors (Lipinski definition) is 2. The second-order valence-electron chi connectivity index (χ2n) is 3.91. The van der Waals surface area contributed by atoms with Gasteiger partial charge in [0.1, 0.15) is 0 Å². The smallest absolute Gasteiger partial charge is 0.317 e. The van der Waals surface area contributed by atoms with Crippen LogP contribution in [0.25, 0.3) is 0 Å². The third-order valence-electron chi connectivity index (χ3n) is 2.17. The number of carbonyl (C=O) groups is 1. The van der Waals surface area contributed by atoms with E-state index in [1.807, 2.05) is 6.92 Å². The van der Waals surface area contributed by atoms with Crippen molar-refractivity contribution >= 4 is 6.03 Å². The largest absolute Gasteiger partial charge is 0.335 e. The number of carbonyl (C=O) groups excluding carboxylic acids is 1. The van der Waals surface area contributed by atoms with Gasteiger partial charge < -0.3 is 16.0 Å². The van der Waals surface area contributed by atoms with E-state index >= 15 is 0 Å². The summed E-state index contributed by atoms with van der Waals surface area (Å²) in [6.07, 6.45) is 3.12. The number of hydrogen-bond acceptors (Lipinski definition) is 2. The minimum Gasteiger partial charge on any atom is -0.335 e. The van der Waals surface area contributed by atoms with Gasteiger partial charge in [0.2, 0.25) is 0 Å². The Hall–Kier alpha value is -0.770. The van der Waals surface area contributed by atoms with Crippen LogP contribution in [0, 0.1) is 0 Å². The van der Waals surface area contributed by atoms with Crippen LogP contribution in [0.4, 0.5) is 4.79 Å². The molecule has 76 valence electrons. The van der Waals surface area contributed by atoms with Crippen LogP contribution in [-0.2, 0) is 0 Å². The first-order valence-corrected chi connectivity index (χ1v) is 4.87. The molecule has 1 aliphatic rings. The third-order valence-corrected chi connectivity index (χ3v) is 2.17. The maximum absolute atomic E-state index is 11.4. The van der Waals surface area contributed by atoms with Crippen molar-refractivity contribution in [1.29, 1.82) is 0 Å². The first-order valence-electron chi connectivity index (χ1n) is 4.87. The van der Waals surface area contributed by atoms with Gasteiger partial charge in [-0.2, -0.15) is 0 Å². The Labute approximate surface area is 79.5 Å². The van der Waals surface area contributed by atoms with Gasteiger partial charge in [0.05, 0.1) is 0 Å². The van der Waals surface area contributed by atoms with Crippen molar-refractivity contribution in [3.05, 3.63) is 0 Å². The lowest BCUT2D eigenvalue weighted by Gasteiger charge is -2.18. The molecule has 1 rings (SSSR count). The van der Waals surface area contributed by atoms with Crippen LogP contribution in [0.3, 0.4) is 0 Å². The molecule has 0 heterocycles. The van der Waals surface area contributed by atoms with Crippen LogP contribution in [-0.4, -0.2) is 36.6 Å². The third kappa shape index (κ3) is 4.12. The highest BCUT2D eigenvalue weighted by atomic mass is 16.2. The standard InChI is InChI=1S/C9H19N3O/c1-7(10)5-6-12(2)9(13)11-8-3-4-8/h7-8H,3-6,10H2,1-2H3,(H,11,13). The van der Waals surface area contributed by atoms with Crippen LogP contribution in [0.1, 0.15) is 26.2 Å². The number of rotatable bonds is 4. The molecule has 0 aromatic rings. The van der Waals surface area contributed by atoms with Crippen LogP contribution >= 0.6 is 0 Å². The fraction of sp³-hybridized carbons (Fsp3) is 0.889. The second kappa shape index (κ2) is 4.46. The van der Waals surface area contributed by atoms with Crippen LogP contribution in [0.2, 0.25) is 0 Å². The van der Waals surface area contributed by atoms with Gasteiger partial charge in [0.25, 0.3) is 0 Å². The molecule has 1 fully saturated rings. The highest BCUT2D eigenvalue weighted by Crippen LogP contribution is 2.18. The molecule has 0 aliphatic heterocycles. The van der Waals surface area contributed by atoms with Gasteiger partial charge in [0.15, 0.2) is 0 Å². The number of nitrogens with one attached hydrogen (secondary N) is 1. The van der Waals surface area contributed by atoms with Gasteiger partial charge in [-0.1, -0.05) is 0 Å².